The van der Waals surface area contributed by atoms with Gasteiger partial charge in [0.2, 0.25) is 5.95 Å². The van der Waals surface area contributed by atoms with Gasteiger partial charge in [-0.2, -0.15) is 0 Å². The van der Waals surface area contributed by atoms with Gasteiger partial charge in [0.25, 0.3) is 0 Å². The first kappa shape index (κ1) is 17.2. The second kappa shape index (κ2) is 7.96. The number of aryl methyl sites for hydroxylation is 2. The molecule has 6 heteroatoms. The highest BCUT2D eigenvalue weighted by Gasteiger charge is 2.21. The van der Waals surface area contributed by atoms with E-state index in [4.69, 9.17) is 5.73 Å². The summed E-state index contributed by atoms with van der Waals surface area (Å²) < 4.78 is 0. The molecule has 0 amide bonds. The molecule has 0 aliphatic carbocycles. The van der Waals surface area contributed by atoms with Crippen LogP contribution in [0.1, 0.15) is 24.0 Å². The van der Waals surface area contributed by atoms with Crippen molar-refractivity contribution in [2.45, 2.75) is 26.7 Å². The van der Waals surface area contributed by atoms with Crippen LogP contribution in [0, 0.1) is 19.8 Å². The number of benzene rings is 1. The quantitative estimate of drug-likeness (QED) is 0.662. The minimum Gasteiger partial charge on any atom is -0.370 e. The molecule has 6 nitrogen and oxygen atoms in total. The highest BCUT2D eigenvalue weighted by atomic mass is 15.3. The molecule has 1 aromatic carbocycles. The normalized spacial score (nSPS) is 18.2. The second-order valence-corrected chi connectivity index (χ2v) is 6.65. The van der Waals surface area contributed by atoms with Crippen molar-refractivity contribution in [3.63, 3.8) is 0 Å². The van der Waals surface area contributed by atoms with Crippen molar-refractivity contribution in [1.29, 1.82) is 0 Å². The first-order valence-electron chi connectivity index (χ1n) is 8.78. The Balaban J connectivity index is 1.56. The topological polar surface area (TPSA) is 79.4 Å². The third-order valence-corrected chi connectivity index (χ3v) is 4.65. The van der Waals surface area contributed by atoms with Crippen LogP contribution in [0.5, 0.6) is 0 Å². The van der Waals surface area contributed by atoms with E-state index in [9.17, 15) is 0 Å². The molecule has 0 spiro atoms. The molecule has 2 heterocycles. The lowest BCUT2D eigenvalue weighted by molar-refractivity contribution is 0.420. The summed E-state index contributed by atoms with van der Waals surface area (Å²) in [7, 11) is 0. The number of rotatable bonds is 4. The zero-order chi connectivity index (χ0) is 17.6. The fraction of sp³-hybridized carbons (Fsp3) is 0.421. The van der Waals surface area contributed by atoms with Crippen molar-refractivity contribution in [2.75, 3.05) is 29.9 Å². The molecule has 132 valence electrons. The number of anilines is 2. The highest BCUT2D eigenvalue weighted by Crippen LogP contribution is 2.20. The molecular formula is C19H26N6. The molecular weight excluding hydrogens is 312 g/mol. The lowest BCUT2D eigenvalue weighted by atomic mass is 9.98. The van der Waals surface area contributed by atoms with E-state index in [0.717, 1.165) is 37.6 Å². The summed E-state index contributed by atoms with van der Waals surface area (Å²) in [6.45, 7) is 6.83. The Morgan fingerprint density at radius 3 is 2.84 bits per heavy atom. The van der Waals surface area contributed by atoms with Crippen LogP contribution in [-0.4, -0.2) is 35.6 Å². The van der Waals surface area contributed by atoms with Crippen molar-refractivity contribution < 1.29 is 0 Å². The Labute approximate surface area is 149 Å². The fourth-order valence-electron chi connectivity index (χ4n) is 3.08. The molecule has 1 unspecified atom stereocenters. The monoisotopic (exact) mass is 338 g/mol. The SMILES string of the molecule is Cc1ccc(NC(N)=NCC2CCCN(c3ncccn3)C2)cc1C. The number of hydrogen-bond acceptors (Lipinski definition) is 4. The molecule has 1 atom stereocenters. The van der Waals surface area contributed by atoms with E-state index >= 15 is 0 Å². The molecule has 3 N–H and O–H groups in total. The molecule has 1 saturated heterocycles. The number of guanidine groups is 1. The zero-order valence-electron chi connectivity index (χ0n) is 14.9. The standard InChI is InChI=1S/C19H26N6/c1-14-6-7-17(11-15(14)2)24-18(20)23-12-16-5-3-10-25(13-16)19-21-8-4-9-22-19/h4,6-9,11,16H,3,5,10,12-13H2,1-2H3,(H3,20,23,24). The van der Waals surface area contributed by atoms with Crippen molar-refractivity contribution in [3.8, 4) is 0 Å². The maximum absolute atomic E-state index is 6.06. The predicted molar refractivity (Wildman–Crippen MR) is 103 cm³/mol. The smallest absolute Gasteiger partial charge is 0.225 e. The van der Waals surface area contributed by atoms with Gasteiger partial charge in [0.1, 0.15) is 0 Å². The van der Waals surface area contributed by atoms with Gasteiger partial charge >= 0.3 is 0 Å². The van der Waals surface area contributed by atoms with Gasteiger partial charge in [0, 0.05) is 37.7 Å². The number of aromatic nitrogens is 2. The van der Waals surface area contributed by atoms with E-state index in [1.165, 1.54) is 11.1 Å². The molecule has 1 aromatic heterocycles. The second-order valence-electron chi connectivity index (χ2n) is 6.65. The molecule has 1 aliphatic heterocycles. The summed E-state index contributed by atoms with van der Waals surface area (Å²) in [4.78, 5) is 15.5. The van der Waals surface area contributed by atoms with Gasteiger partial charge in [0.15, 0.2) is 5.96 Å². The first-order chi connectivity index (χ1) is 12.1. The summed E-state index contributed by atoms with van der Waals surface area (Å²) in [6, 6.07) is 8.05. The maximum Gasteiger partial charge on any atom is 0.225 e. The Kier molecular flexibility index (Phi) is 5.48. The van der Waals surface area contributed by atoms with Crippen LogP contribution in [0.15, 0.2) is 41.7 Å². The molecule has 0 radical (unpaired) electrons. The largest absolute Gasteiger partial charge is 0.370 e. The van der Waals surface area contributed by atoms with E-state index in [1.54, 1.807) is 12.4 Å². The van der Waals surface area contributed by atoms with E-state index in [-0.39, 0.29) is 0 Å². The van der Waals surface area contributed by atoms with Crippen LogP contribution in [0.25, 0.3) is 0 Å². The van der Waals surface area contributed by atoms with Gasteiger partial charge in [-0.3, -0.25) is 4.99 Å². The Bertz CT molecular complexity index is 728. The van der Waals surface area contributed by atoms with Gasteiger partial charge in [0.05, 0.1) is 0 Å². The number of nitrogens with one attached hydrogen (secondary N) is 1. The predicted octanol–water partition coefficient (Wildman–Crippen LogP) is 2.74. The van der Waals surface area contributed by atoms with E-state index in [1.807, 2.05) is 12.1 Å². The van der Waals surface area contributed by atoms with Crippen molar-refractivity contribution >= 4 is 17.6 Å². The fourth-order valence-corrected chi connectivity index (χ4v) is 3.08. The Morgan fingerprint density at radius 1 is 1.28 bits per heavy atom. The molecule has 0 saturated carbocycles. The summed E-state index contributed by atoms with van der Waals surface area (Å²) in [5.41, 5.74) is 9.55. The van der Waals surface area contributed by atoms with Gasteiger partial charge in [-0.05, 0) is 61.9 Å². The molecule has 25 heavy (non-hydrogen) atoms. The zero-order valence-corrected chi connectivity index (χ0v) is 14.9. The van der Waals surface area contributed by atoms with Crippen LogP contribution < -0.4 is 16.0 Å². The van der Waals surface area contributed by atoms with Gasteiger partial charge in [-0.25, -0.2) is 9.97 Å². The Hall–Kier alpha value is -2.63. The molecule has 1 aliphatic rings. The average molecular weight is 338 g/mol. The molecule has 0 bridgehead atoms. The first-order valence-corrected chi connectivity index (χ1v) is 8.78. The van der Waals surface area contributed by atoms with Gasteiger partial charge < -0.3 is 16.0 Å². The highest BCUT2D eigenvalue weighted by molar-refractivity contribution is 5.92. The third kappa shape index (κ3) is 4.68. The van der Waals surface area contributed by atoms with Crippen LogP contribution >= 0.6 is 0 Å². The maximum atomic E-state index is 6.06. The van der Waals surface area contributed by atoms with Gasteiger partial charge in [-0.15, -0.1) is 0 Å². The van der Waals surface area contributed by atoms with Crippen molar-refractivity contribution in [3.05, 3.63) is 47.8 Å². The molecule has 3 rings (SSSR count). The lowest BCUT2D eigenvalue weighted by Gasteiger charge is -2.31. The van der Waals surface area contributed by atoms with Gasteiger partial charge in [-0.1, -0.05) is 6.07 Å². The summed E-state index contributed by atoms with van der Waals surface area (Å²) in [5, 5.41) is 3.18. The minimum atomic E-state index is 0.469. The van der Waals surface area contributed by atoms with Crippen molar-refractivity contribution in [2.24, 2.45) is 16.6 Å². The lowest BCUT2D eigenvalue weighted by Crippen LogP contribution is -2.38. The average Bonchev–Trinajstić information content (AvgIpc) is 2.64. The summed E-state index contributed by atoms with van der Waals surface area (Å²) >= 11 is 0. The minimum absolute atomic E-state index is 0.469. The van der Waals surface area contributed by atoms with Crippen LogP contribution in [0.3, 0.4) is 0 Å². The van der Waals surface area contributed by atoms with E-state index in [2.05, 4.69) is 51.2 Å². The van der Waals surface area contributed by atoms with Crippen LogP contribution in [-0.2, 0) is 0 Å². The number of nitrogens with two attached hydrogens (primary N) is 1. The number of aliphatic imine (C=N–C) groups is 1. The number of nitrogens with zero attached hydrogens (tertiary/aromatic N) is 4. The van der Waals surface area contributed by atoms with Crippen LogP contribution in [0.2, 0.25) is 0 Å². The molecule has 1 fully saturated rings. The number of piperidine rings is 1. The Morgan fingerprint density at radius 2 is 2.08 bits per heavy atom. The third-order valence-electron chi connectivity index (χ3n) is 4.65. The van der Waals surface area contributed by atoms with Crippen LogP contribution in [0.4, 0.5) is 11.6 Å². The molecule has 2 aromatic rings. The summed E-state index contributed by atoms with van der Waals surface area (Å²) in [6.07, 6.45) is 5.86. The van der Waals surface area contributed by atoms with Crippen molar-refractivity contribution in [1.82, 2.24) is 9.97 Å². The summed E-state index contributed by atoms with van der Waals surface area (Å²) in [5.74, 6) is 1.74. The number of hydrogen-bond donors (Lipinski definition) is 2. The van der Waals surface area contributed by atoms with E-state index < -0.39 is 0 Å². The van der Waals surface area contributed by atoms with E-state index in [0.29, 0.717) is 18.4 Å².